The molecule has 0 bridgehead atoms. The van der Waals surface area contributed by atoms with Crippen LogP contribution in [0.15, 0.2) is 34.9 Å². The van der Waals surface area contributed by atoms with Crippen LogP contribution in [-0.4, -0.2) is 34.0 Å². The molecule has 25 heavy (non-hydrogen) atoms. The highest BCUT2D eigenvalue weighted by Gasteiger charge is 2.21. The largest absolute Gasteiger partial charge is 0.395 e. The molecule has 1 saturated heterocycles. The molecule has 1 atom stereocenters. The Balaban J connectivity index is 1.68. The SMILES string of the molecule is CCC(=O)N1CCC(/C=C(/N)c2nc(-c3ccccc3P)no2)CC1. The first-order valence-corrected chi connectivity index (χ1v) is 9.10. The zero-order valence-electron chi connectivity index (χ0n) is 14.3. The average molecular weight is 358 g/mol. The number of aromatic nitrogens is 2. The van der Waals surface area contributed by atoms with Crippen molar-refractivity contribution in [2.24, 2.45) is 11.7 Å². The van der Waals surface area contributed by atoms with Crippen molar-refractivity contribution >= 4 is 26.1 Å². The average Bonchev–Trinajstić information content (AvgIpc) is 3.12. The summed E-state index contributed by atoms with van der Waals surface area (Å²) in [6, 6.07) is 7.80. The molecule has 2 aromatic rings. The van der Waals surface area contributed by atoms with Gasteiger partial charge in [-0.1, -0.05) is 42.4 Å². The number of benzene rings is 1. The molecule has 3 rings (SSSR count). The topological polar surface area (TPSA) is 85.2 Å². The lowest BCUT2D eigenvalue weighted by Gasteiger charge is -2.30. The highest BCUT2D eigenvalue weighted by atomic mass is 31.0. The summed E-state index contributed by atoms with van der Waals surface area (Å²) in [5, 5.41) is 5.04. The fourth-order valence-electron chi connectivity index (χ4n) is 3.02. The Bertz CT molecular complexity index is 779. The van der Waals surface area contributed by atoms with E-state index in [0.29, 0.717) is 29.8 Å². The standard InChI is InChI=1S/C18H23N4O2P/c1-2-16(23)22-9-7-12(8-10-22)11-14(19)18-20-17(21-24-18)13-5-3-4-6-15(13)25/h3-6,11-12H,2,7-10,19,25H2,1H3/b14-11+. The summed E-state index contributed by atoms with van der Waals surface area (Å²) >= 11 is 0. The Morgan fingerprint density at radius 1 is 1.40 bits per heavy atom. The molecule has 0 aliphatic carbocycles. The third-order valence-electron chi connectivity index (χ3n) is 4.48. The van der Waals surface area contributed by atoms with Crippen molar-refractivity contribution in [3.05, 3.63) is 36.2 Å². The number of carbonyl (C=O) groups excluding carboxylic acids is 1. The van der Waals surface area contributed by atoms with Gasteiger partial charge in [0.1, 0.15) is 0 Å². The van der Waals surface area contributed by atoms with Gasteiger partial charge in [-0.05, 0) is 24.1 Å². The molecule has 1 aromatic carbocycles. The van der Waals surface area contributed by atoms with Crippen molar-refractivity contribution in [3.63, 3.8) is 0 Å². The third kappa shape index (κ3) is 4.07. The molecule has 0 radical (unpaired) electrons. The van der Waals surface area contributed by atoms with E-state index in [1.54, 1.807) is 0 Å². The van der Waals surface area contributed by atoms with Crippen LogP contribution in [0.2, 0.25) is 0 Å². The number of carbonyl (C=O) groups is 1. The molecule has 2 N–H and O–H groups in total. The second-order valence-corrected chi connectivity index (χ2v) is 6.83. The molecule has 0 spiro atoms. The second-order valence-electron chi connectivity index (χ2n) is 6.20. The van der Waals surface area contributed by atoms with Crippen LogP contribution in [0.25, 0.3) is 17.1 Å². The zero-order valence-corrected chi connectivity index (χ0v) is 15.5. The zero-order chi connectivity index (χ0) is 17.8. The molecule has 0 saturated carbocycles. The monoisotopic (exact) mass is 358 g/mol. The van der Waals surface area contributed by atoms with E-state index in [1.807, 2.05) is 42.2 Å². The fraction of sp³-hybridized carbons (Fsp3) is 0.389. The quantitative estimate of drug-likeness (QED) is 0.847. The van der Waals surface area contributed by atoms with Crippen molar-refractivity contribution in [2.45, 2.75) is 26.2 Å². The summed E-state index contributed by atoms with van der Waals surface area (Å²) in [4.78, 5) is 18.1. The Morgan fingerprint density at radius 2 is 2.12 bits per heavy atom. The van der Waals surface area contributed by atoms with Gasteiger partial charge in [-0.2, -0.15) is 4.98 Å². The van der Waals surface area contributed by atoms with Gasteiger partial charge >= 0.3 is 0 Å². The number of rotatable bonds is 4. The van der Waals surface area contributed by atoms with Crippen molar-refractivity contribution in [1.29, 1.82) is 0 Å². The van der Waals surface area contributed by atoms with E-state index < -0.39 is 0 Å². The molecular weight excluding hydrogens is 335 g/mol. The molecule has 1 fully saturated rings. The second kappa shape index (κ2) is 7.79. The van der Waals surface area contributed by atoms with Crippen LogP contribution < -0.4 is 11.0 Å². The van der Waals surface area contributed by atoms with E-state index in [0.717, 1.165) is 36.8 Å². The van der Waals surface area contributed by atoms with Crippen LogP contribution in [-0.2, 0) is 4.79 Å². The summed E-state index contributed by atoms with van der Waals surface area (Å²) < 4.78 is 5.33. The first-order valence-electron chi connectivity index (χ1n) is 8.52. The first-order chi connectivity index (χ1) is 12.1. The molecule has 1 unspecified atom stereocenters. The van der Waals surface area contributed by atoms with Crippen molar-refractivity contribution < 1.29 is 9.32 Å². The van der Waals surface area contributed by atoms with Gasteiger partial charge in [-0.15, -0.1) is 9.24 Å². The summed E-state index contributed by atoms with van der Waals surface area (Å²) in [6.45, 7) is 3.44. The van der Waals surface area contributed by atoms with Gasteiger partial charge in [0, 0.05) is 25.1 Å². The highest BCUT2D eigenvalue weighted by Crippen LogP contribution is 2.23. The maximum absolute atomic E-state index is 11.7. The molecule has 1 aliphatic rings. The Hall–Kier alpha value is -2.20. The molecule has 6 nitrogen and oxygen atoms in total. The van der Waals surface area contributed by atoms with E-state index in [-0.39, 0.29) is 5.91 Å². The number of nitrogens with two attached hydrogens (primary N) is 1. The van der Waals surface area contributed by atoms with Crippen molar-refractivity contribution in [2.75, 3.05) is 13.1 Å². The van der Waals surface area contributed by atoms with Gasteiger partial charge in [0.2, 0.25) is 11.7 Å². The highest BCUT2D eigenvalue weighted by molar-refractivity contribution is 7.27. The number of amides is 1. The van der Waals surface area contributed by atoms with Gasteiger partial charge in [-0.25, -0.2) is 0 Å². The van der Waals surface area contributed by atoms with E-state index >= 15 is 0 Å². The molecule has 1 aliphatic heterocycles. The fourth-order valence-corrected chi connectivity index (χ4v) is 3.35. The number of nitrogens with zero attached hydrogens (tertiary/aromatic N) is 3. The summed E-state index contributed by atoms with van der Waals surface area (Å²) in [5.74, 6) is 1.41. The van der Waals surface area contributed by atoms with Crippen molar-refractivity contribution in [3.8, 4) is 11.4 Å². The van der Waals surface area contributed by atoms with Crippen LogP contribution >= 0.6 is 9.24 Å². The van der Waals surface area contributed by atoms with Crippen LogP contribution in [0.5, 0.6) is 0 Å². The maximum atomic E-state index is 11.7. The van der Waals surface area contributed by atoms with Gasteiger partial charge in [0.05, 0.1) is 5.70 Å². The lowest BCUT2D eigenvalue weighted by Crippen LogP contribution is -2.37. The molecule has 132 valence electrons. The molecule has 2 heterocycles. The van der Waals surface area contributed by atoms with Crippen LogP contribution in [0, 0.1) is 5.92 Å². The lowest BCUT2D eigenvalue weighted by molar-refractivity contribution is -0.132. The van der Waals surface area contributed by atoms with Crippen LogP contribution in [0.1, 0.15) is 32.1 Å². The predicted molar refractivity (Wildman–Crippen MR) is 101 cm³/mol. The predicted octanol–water partition coefficient (Wildman–Crippen LogP) is 2.19. The number of hydrogen-bond acceptors (Lipinski definition) is 5. The van der Waals surface area contributed by atoms with Crippen molar-refractivity contribution in [1.82, 2.24) is 15.0 Å². The minimum absolute atomic E-state index is 0.216. The Morgan fingerprint density at radius 3 is 2.80 bits per heavy atom. The molecule has 1 aromatic heterocycles. The maximum Gasteiger partial charge on any atom is 0.273 e. The van der Waals surface area contributed by atoms with E-state index in [4.69, 9.17) is 10.3 Å². The Labute approximate surface area is 149 Å². The van der Waals surface area contributed by atoms with Gasteiger partial charge in [0.25, 0.3) is 5.89 Å². The summed E-state index contributed by atoms with van der Waals surface area (Å²) in [6.07, 6.45) is 4.35. The van der Waals surface area contributed by atoms with Crippen LogP contribution in [0.4, 0.5) is 0 Å². The minimum atomic E-state index is 0.216. The number of hydrogen-bond donors (Lipinski definition) is 1. The Kier molecular flexibility index (Phi) is 5.49. The minimum Gasteiger partial charge on any atom is -0.395 e. The van der Waals surface area contributed by atoms with Crippen LogP contribution in [0.3, 0.4) is 0 Å². The van der Waals surface area contributed by atoms with Gasteiger partial charge in [0.15, 0.2) is 0 Å². The van der Waals surface area contributed by atoms with E-state index in [2.05, 4.69) is 19.4 Å². The van der Waals surface area contributed by atoms with Gasteiger partial charge in [-0.3, -0.25) is 4.79 Å². The first kappa shape index (κ1) is 17.6. The number of allylic oxidation sites excluding steroid dienone is 1. The third-order valence-corrected chi connectivity index (χ3v) is 4.99. The number of likely N-dealkylation sites (tertiary alicyclic amines) is 1. The lowest BCUT2D eigenvalue weighted by atomic mass is 9.95. The van der Waals surface area contributed by atoms with E-state index in [1.165, 1.54) is 0 Å². The van der Waals surface area contributed by atoms with Gasteiger partial charge < -0.3 is 15.2 Å². The smallest absolute Gasteiger partial charge is 0.273 e. The molecule has 1 amide bonds. The summed E-state index contributed by atoms with van der Waals surface area (Å²) in [5.41, 5.74) is 7.56. The molecule has 7 heteroatoms. The summed E-state index contributed by atoms with van der Waals surface area (Å²) in [7, 11) is 2.66. The molecular formula is C18H23N4O2P. The normalized spacial score (nSPS) is 16.2. The van der Waals surface area contributed by atoms with E-state index in [9.17, 15) is 4.79 Å². The number of piperidine rings is 1.